The molecule has 3 rings (SSSR count). The molecule has 27 heavy (non-hydrogen) atoms. The zero-order valence-electron chi connectivity index (χ0n) is 16.6. The Morgan fingerprint density at radius 2 is 1.74 bits per heavy atom. The van der Waals surface area contributed by atoms with Gasteiger partial charge in [0.2, 0.25) is 0 Å². The lowest BCUT2D eigenvalue weighted by Crippen LogP contribution is -2.38. The predicted molar refractivity (Wildman–Crippen MR) is 101 cm³/mol. The highest BCUT2D eigenvalue weighted by Gasteiger charge is 2.27. The smallest absolute Gasteiger partial charge is 0.332 e. The third-order valence-electron chi connectivity index (χ3n) is 5.03. The lowest BCUT2D eigenvalue weighted by molar-refractivity contribution is -0.126. The van der Waals surface area contributed by atoms with Crippen LogP contribution in [0.1, 0.15) is 26.6 Å². The number of Topliss-reactive ketones (excluding diaryl/α,β-unsaturated/α-hetero) is 1. The number of carbonyl (C=O) groups is 1. The first-order valence-electron chi connectivity index (χ1n) is 9.10. The fourth-order valence-corrected chi connectivity index (χ4v) is 3.12. The van der Waals surface area contributed by atoms with Gasteiger partial charge in [-0.15, -0.1) is 0 Å². The van der Waals surface area contributed by atoms with Crippen LogP contribution in [0.2, 0.25) is 0 Å². The summed E-state index contributed by atoms with van der Waals surface area (Å²) in [6, 6.07) is 0. The van der Waals surface area contributed by atoms with Crippen molar-refractivity contribution in [2.24, 2.45) is 19.5 Å². The molecule has 1 saturated heterocycles. The number of ether oxygens (including phenoxy) is 1. The van der Waals surface area contributed by atoms with E-state index in [-0.39, 0.29) is 12.3 Å². The molecule has 1 aliphatic rings. The average Bonchev–Trinajstić information content (AvgIpc) is 2.96. The lowest BCUT2D eigenvalue weighted by atomic mass is 9.91. The fourth-order valence-electron chi connectivity index (χ4n) is 3.12. The van der Waals surface area contributed by atoms with Gasteiger partial charge in [-0.3, -0.25) is 23.6 Å². The van der Waals surface area contributed by atoms with Crippen molar-refractivity contribution in [3.05, 3.63) is 26.7 Å². The Bertz CT molecular complexity index is 986. The Morgan fingerprint density at radius 3 is 2.33 bits per heavy atom. The van der Waals surface area contributed by atoms with E-state index in [1.807, 2.05) is 20.8 Å². The van der Waals surface area contributed by atoms with E-state index in [4.69, 9.17) is 4.74 Å². The number of ketones is 1. The number of hydrogen-bond donors (Lipinski definition) is 0. The van der Waals surface area contributed by atoms with Gasteiger partial charge in [-0.05, 0) is 0 Å². The van der Waals surface area contributed by atoms with Gasteiger partial charge in [-0.25, -0.2) is 9.78 Å². The lowest BCUT2D eigenvalue weighted by Gasteiger charge is -2.26. The Balaban J connectivity index is 2.17. The van der Waals surface area contributed by atoms with Crippen LogP contribution < -0.4 is 11.2 Å². The molecule has 0 aromatic carbocycles. The SMILES string of the molecule is Cn1c(=O)c2c(nc(CN3CCOCC3)n2CC(=O)C(C)(C)C)n(C)c1=O. The van der Waals surface area contributed by atoms with E-state index in [0.717, 1.165) is 17.7 Å². The van der Waals surface area contributed by atoms with Gasteiger partial charge in [0.25, 0.3) is 5.56 Å². The molecule has 0 unspecified atom stereocenters. The first-order valence-corrected chi connectivity index (χ1v) is 9.10. The Morgan fingerprint density at radius 1 is 1.11 bits per heavy atom. The Kier molecular flexibility index (Phi) is 5.09. The minimum atomic E-state index is -0.543. The van der Waals surface area contributed by atoms with Crippen molar-refractivity contribution in [2.45, 2.75) is 33.9 Å². The largest absolute Gasteiger partial charge is 0.379 e. The monoisotopic (exact) mass is 377 g/mol. The Labute approximate surface area is 157 Å². The molecule has 0 bridgehead atoms. The molecule has 0 N–H and O–H groups in total. The number of hydrogen-bond acceptors (Lipinski definition) is 6. The summed E-state index contributed by atoms with van der Waals surface area (Å²) in [7, 11) is 3.03. The van der Waals surface area contributed by atoms with Crippen LogP contribution in [0.15, 0.2) is 9.59 Å². The normalized spacial score (nSPS) is 16.2. The quantitative estimate of drug-likeness (QED) is 0.738. The molecule has 0 saturated carbocycles. The summed E-state index contributed by atoms with van der Waals surface area (Å²) in [5.74, 6) is 0.615. The fraction of sp³-hybridized carbons (Fsp3) is 0.667. The van der Waals surface area contributed by atoms with Crippen molar-refractivity contribution in [1.29, 1.82) is 0 Å². The first-order chi connectivity index (χ1) is 12.6. The van der Waals surface area contributed by atoms with Crippen molar-refractivity contribution in [2.75, 3.05) is 26.3 Å². The van der Waals surface area contributed by atoms with Crippen LogP contribution in [0.5, 0.6) is 0 Å². The van der Waals surface area contributed by atoms with Gasteiger partial charge in [-0.2, -0.15) is 0 Å². The molecular weight excluding hydrogens is 350 g/mol. The second kappa shape index (κ2) is 7.05. The molecule has 2 aromatic heterocycles. The molecule has 0 spiro atoms. The van der Waals surface area contributed by atoms with Crippen LogP contribution in [-0.4, -0.2) is 55.7 Å². The predicted octanol–water partition coefficient (Wildman–Crippen LogP) is -0.119. The highest BCUT2D eigenvalue weighted by molar-refractivity contribution is 5.85. The molecule has 0 aliphatic carbocycles. The molecule has 0 radical (unpaired) electrons. The summed E-state index contributed by atoms with van der Waals surface area (Å²) in [5.41, 5.74) is -0.806. The van der Waals surface area contributed by atoms with Gasteiger partial charge < -0.3 is 9.30 Å². The molecule has 0 atom stereocenters. The summed E-state index contributed by atoms with van der Waals surface area (Å²) < 4.78 is 9.48. The van der Waals surface area contributed by atoms with Crippen LogP contribution in [0.3, 0.4) is 0 Å². The van der Waals surface area contributed by atoms with E-state index in [2.05, 4.69) is 9.88 Å². The molecule has 1 aliphatic heterocycles. The molecule has 3 heterocycles. The topological polar surface area (TPSA) is 91.4 Å². The standard InChI is InChI=1S/C18H27N5O4/c1-18(2,3)12(24)10-23-13(11-22-6-8-27-9-7-22)19-15-14(23)16(25)21(5)17(26)20(15)4/h6-11H2,1-5H3. The van der Waals surface area contributed by atoms with Crippen molar-refractivity contribution >= 4 is 16.9 Å². The van der Waals surface area contributed by atoms with Gasteiger partial charge in [0.05, 0.1) is 26.3 Å². The van der Waals surface area contributed by atoms with Gasteiger partial charge in [0.15, 0.2) is 16.9 Å². The van der Waals surface area contributed by atoms with Crippen LogP contribution in [0.4, 0.5) is 0 Å². The summed E-state index contributed by atoms with van der Waals surface area (Å²) >= 11 is 0. The summed E-state index contributed by atoms with van der Waals surface area (Å²) in [5, 5.41) is 0. The van der Waals surface area contributed by atoms with Crippen LogP contribution in [0, 0.1) is 5.41 Å². The van der Waals surface area contributed by atoms with Crippen molar-refractivity contribution in [3.63, 3.8) is 0 Å². The first kappa shape index (κ1) is 19.5. The molecular formula is C18H27N5O4. The second-order valence-electron chi connectivity index (χ2n) is 8.05. The summed E-state index contributed by atoms with van der Waals surface area (Å²) in [6.07, 6.45) is 0. The van der Waals surface area contributed by atoms with Gasteiger partial charge in [-0.1, -0.05) is 20.8 Å². The highest BCUT2D eigenvalue weighted by Crippen LogP contribution is 2.20. The van der Waals surface area contributed by atoms with Crippen molar-refractivity contribution in [1.82, 2.24) is 23.6 Å². The molecule has 2 aromatic rings. The number of aromatic nitrogens is 4. The summed E-state index contributed by atoms with van der Waals surface area (Å²) in [4.78, 5) is 44.5. The number of imidazole rings is 1. The number of nitrogens with zero attached hydrogens (tertiary/aromatic N) is 5. The number of morpholine rings is 1. The van der Waals surface area contributed by atoms with Crippen molar-refractivity contribution in [3.8, 4) is 0 Å². The third kappa shape index (κ3) is 3.61. The maximum absolute atomic E-state index is 12.8. The number of carbonyl (C=O) groups excluding carboxylic acids is 1. The highest BCUT2D eigenvalue weighted by atomic mass is 16.5. The van der Waals surface area contributed by atoms with E-state index >= 15 is 0 Å². The molecule has 9 nitrogen and oxygen atoms in total. The second-order valence-corrected chi connectivity index (χ2v) is 8.05. The molecule has 148 valence electrons. The number of fused-ring (bicyclic) bond motifs is 1. The van der Waals surface area contributed by atoms with E-state index in [1.54, 1.807) is 11.6 Å². The Hall–Kier alpha value is -2.26. The minimum Gasteiger partial charge on any atom is -0.379 e. The van der Waals surface area contributed by atoms with E-state index in [1.165, 1.54) is 11.6 Å². The van der Waals surface area contributed by atoms with E-state index in [0.29, 0.717) is 36.7 Å². The molecule has 9 heteroatoms. The number of rotatable bonds is 4. The van der Waals surface area contributed by atoms with Crippen LogP contribution >= 0.6 is 0 Å². The molecule has 0 amide bonds. The van der Waals surface area contributed by atoms with Gasteiger partial charge in [0, 0.05) is 32.6 Å². The zero-order chi connectivity index (χ0) is 19.9. The average molecular weight is 377 g/mol. The maximum Gasteiger partial charge on any atom is 0.332 e. The van der Waals surface area contributed by atoms with Crippen molar-refractivity contribution < 1.29 is 9.53 Å². The maximum atomic E-state index is 12.8. The number of aryl methyl sites for hydroxylation is 1. The van der Waals surface area contributed by atoms with E-state index < -0.39 is 16.7 Å². The van der Waals surface area contributed by atoms with Gasteiger partial charge in [0.1, 0.15) is 5.82 Å². The molecule has 1 fully saturated rings. The van der Waals surface area contributed by atoms with Gasteiger partial charge >= 0.3 is 5.69 Å². The minimum absolute atomic E-state index is 0.000864. The zero-order valence-corrected chi connectivity index (χ0v) is 16.6. The van der Waals surface area contributed by atoms with Crippen LogP contribution in [0.25, 0.3) is 11.2 Å². The van der Waals surface area contributed by atoms with Crippen LogP contribution in [-0.2, 0) is 36.7 Å². The third-order valence-corrected chi connectivity index (χ3v) is 5.03. The summed E-state index contributed by atoms with van der Waals surface area (Å²) in [6.45, 7) is 8.89. The van der Waals surface area contributed by atoms with E-state index in [9.17, 15) is 14.4 Å².